The second-order valence-electron chi connectivity index (χ2n) is 10.5. The van der Waals surface area contributed by atoms with Gasteiger partial charge in [-0.1, -0.05) is 12.1 Å². The maximum Gasteiger partial charge on any atom is 0.251 e. The molecule has 2 aliphatic rings. The van der Waals surface area contributed by atoms with Crippen LogP contribution in [0.5, 0.6) is 11.6 Å². The summed E-state index contributed by atoms with van der Waals surface area (Å²) < 4.78 is 13.3. The zero-order valence-corrected chi connectivity index (χ0v) is 21.9. The Bertz CT molecular complexity index is 1480. The number of fused-ring (bicyclic) bond motifs is 1. The Labute approximate surface area is 226 Å². The van der Waals surface area contributed by atoms with E-state index in [9.17, 15) is 9.90 Å². The molecule has 1 amide bonds. The van der Waals surface area contributed by atoms with Gasteiger partial charge in [-0.2, -0.15) is 14.6 Å². The fourth-order valence-electron chi connectivity index (χ4n) is 4.90. The van der Waals surface area contributed by atoms with Crippen LogP contribution in [0.2, 0.25) is 0 Å². The second-order valence-corrected chi connectivity index (χ2v) is 10.5. The van der Waals surface area contributed by atoms with Crippen molar-refractivity contribution in [3.8, 4) is 22.8 Å². The first-order chi connectivity index (χ1) is 19.0. The molecule has 39 heavy (non-hydrogen) atoms. The number of hydrogen-bond donors (Lipinski definition) is 3. The van der Waals surface area contributed by atoms with Crippen molar-refractivity contribution in [3.63, 3.8) is 0 Å². The lowest BCUT2D eigenvalue weighted by Crippen LogP contribution is -2.39. The number of aryl methyl sites for hydroxylation is 1. The fourth-order valence-corrected chi connectivity index (χ4v) is 4.90. The van der Waals surface area contributed by atoms with E-state index in [-0.39, 0.29) is 17.9 Å². The van der Waals surface area contributed by atoms with E-state index in [1.54, 1.807) is 35.2 Å². The van der Waals surface area contributed by atoms with Crippen LogP contribution in [0.4, 0.5) is 5.82 Å². The minimum Gasteiger partial charge on any atom is -0.437 e. The maximum atomic E-state index is 12.6. The normalized spacial score (nSPS) is 16.7. The first kappa shape index (κ1) is 25.3. The topological polar surface area (TPSA) is 123 Å². The molecule has 10 nitrogen and oxygen atoms in total. The van der Waals surface area contributed by atoms with E-state index in [2.05, 4.69) is 20.7 Å². The van der Waals surface area contributed by atoms with Crippen LogP contribution in [0.25, 0.3) is 16.8 Å². The smallest absolute Gasteiger partial charge is 0.251 e. The third-order valence-electron chi connectivity index (χ3n) is 7.53. The minimum atomic E-state index is -0.276. The van der Waals surface area contributed by atoms with E-state index >= 15 is 0 Å². The summed E-state index contributed by atoms with van der Waals surface area (Å²) in [5.74, 6) is 1.62. The SMILES string of the molecule is Cc1cc(-c2cnn3c(NCC4(CO)CCOCC4)cc(Oc4cccnc4)nc23)ccc1C(=O)NC1CC1. The number of ether oxygens (including phenoxy) is 2. The van der Waals surface area contributed by atoms with Gasteiger partial charge in [-0.05, 0) is 61.9 Å². The summed E-state index contributed by atoms with van der Waals surface area (Å²) in [5, 5.41) is 21.4. The van der Waals surface area contributed by atoms with Crippen LogP contribution in [-0.4, -0.2) is 63.0 Å². The molecule has 3 aromatic heterocycles. The lowest BCUT2D eigenvalue weighted by Gasteiger charge is -2.35. The number of nitrogens with one attached hydrogen (secondary N) is 2. The van der Waals surface area contributed by atoms with Gasteiger partial charge in [0.15, 0.2) is 5.65 Å². The Balaban J connectivity index is 1.36. The predicted octanol–water partition coefficient (Wildman–Crippen LogP) is 3.99. The molecule has 0 radical (unpaired) electrons. The number of aromatic nitrogens is 4. The van der Waals surface area contributed by atoms with Crippen LogP contribution >= 0.6 is 0 Å². The van der Waals surface area contributed by atoms with Gasteiger partial charge in [-0.25, -0.2) is 0 Å². The summed E-state index contributed by atoms with van der Waals surface area (Å²) in [6.07, 6.45) is 8.73. The van der Waals surface area contributed by atoms with Gasteiger partial charge in [0.25, 0.3) is 5.91 Å². The molecule has 0 unspecified atom stereocenters. The number of carbonyl (C=O) groups excluding carboxylic acids is 1. The number of benzene rings is 1. The van der Waals surface area contributed by atoms with E-state index < -0.39 is 0 Å². The molecule has 1 aliphatic heterocycles. The zero-order valence-electron chi connectivity index (χ0n) is 21.9. The Kier molecular flexibility index (Phi) is 6.88. The van der Waals surface area contributed by atoms with Gasteiger partial charge in [0.2, 0.25) is 5.88 Å². The monoisotopic (exact) mass is 528 g/mol. The molecule has 1 aromatic carbocycles. The highest BCUT2D eigenvalue weighted by Gasteiger charge is 2.32. The molecule has 1 saturated heterocycles. The first-order valence-electron chi connectivity index (χ1n) is 13.3. The molecular formula is C29H32N6O4. The van der Waals surface area contributed by atoms with E-state index in [1.807, 2.05) is 31.2 Å². The van der Waals surface area contributed by atoms with E-state index in [0.29, 0.717) is 54.5 Å². The highest BCUT2D eigenvalue weighted by molar-refractivity contribution is 5.97. The van der Waals surface area contributed by atoms with Crippen molar-refractivity contribution >= 4 is 17.4 Å². The number of carbonyl (C=O) groups is 1. The Morgan fingerprint density at radius 2 is 2.05 bits per heavy atom. The molecule has 1 saturated carbocycles. The van der Waals surface area contributed by atoms with Crippen molar-refractivity contribution in [1.29, 1.82) is 0 Å². The number of anilines is 1. The van der Waals surface area contributed by atoms with Crippen LogP contribution < -0.4 is 15.4 Å². The van der Waals surface area contributed by atoms with E-state index in [0.717, 1.165) is 42.4 Å². The Morgan fingerprint density at radius 3 is 2.77 bits per heavy atom. The molecule has 0 spiro atoms. The van der Waals surface area contributed by atoms with Gasteiger partial charge in [-0.15, -0.1) is 0 Å². The maximum absolute atomic E-state index is 12.6. The Hall–Kier alpha value is -4.02. The minimum absolute atomic E-state index is 0.0379. The van der Waals surface area contributed by atoms with E-state index in [1.165, 1.54) is 0 Å². The lowest BCUT2D eigenvalue weighted by atomic mass is 9.81. The first-order valence-corrected chi connectivity index (χ1v) is 13.3. The van der Waals surface area contributed by atoms with Gasteiger partial charge < -0.3 is 25.2 Å². The zero-order chi connectivity index (χ0) is 26.8. The highest BCUT2D eigenvalue weighted by Crippen LogP contribution is 2.33. The summed E-state index contributed by atoms with van der Waals surface area (Å²) in [6, 6.07) is 11.5. The van der Waals surface area contributed by atoms with Crippen LogP contribution in [0.1, 0.15) is 41.6 Å². The van der Waals surface area contributed by atoms with Gasteiger partial charge in [-0.3, -0.25) is 9.78 Å². The van der Waals surface area contributed by atoms with Gasteiger partial charge >= 0.3 is 0 Å². The van der Waals surface area contributed by atoms with Crippen molar-refractivity contribution in [3.05, 3.63) is 66.1 Å². The number of pyridine rings is 1. The van der Waals surface area contributed by atoms with Gasteiger partial charge in [0.1, 0.15) is 11.6 Å². The van der Waals surface area contributed by atoms with Crippen molar-refractivity contribution in [1.82, 2.24) is 24.9 Å². The summed E-state index contributed by atoms with van der Waals surface area (Å²) in [6.45, 7) is 3.82. The van der Waals surface area contributed by atoms with Gasteiger partial charge in [0, 0.05) is 54.6 Å². The summed E-state index contributed by atoms with van der Waals surface area (Å²) in [4.78, 5) is 21.6. The van der Waals surface area contributed by atoms with Crippen molar-refractivity contribution in [2.24, 2.45) is 5.41 Å². The second kappa shape index (κ2) is 10.6. The standard InChI is InChI=1S/C29H32N6O4/c1-19-13-20(4-7-23(19)28(37)33-21-5-6-21)24-16-32-35-25(31-17-29(18-36)8-11-38-12-9-29)14-26(34-27(24)35)39-22-3-2-10-30-15-22/h2-4,7,10,13-16,21,31,36H,5-6,8-9,11-12,17-18H2,1H3,(H,33,37). The molecule has 2 fully saturated rings. The summed E-state index contributed by atoms with van der Waals surface area (Å²) in [7, 11) is 0. The Morgan fingerprint density at radius 1 is 1.21 bits per heavy atom. The molecule has 0 atom stereocenters. The van der Waals surface area contributed by atoms with Crippen molar-refractivity contribution < 1.29 is 19.4 Å². The number of amides is 1. The van der Waals surface area contributed by atoms with Crippen LogP contribution in [0.3, 0.4) is 0 Å². The molecule has 4 aromatic rings. The van der Waals surface area contributed by atoms with Crippen molar-refractivity contribution in [2.45, 2.75) is 38.6 Å². The fraction of sp³-hybridized carbons (Fsp3) is 0.379. The van der Waals surface area contributed by atoms with E-state index in [4.69, 9.17) is 14.5 Å². The summed E-state index contributed by atoms with van der Waals surface area (Å²) in [5.41, 5.74) is 3.61. The lowest BCUT2D eigenvalue weighted by molar-refractivity contribution is -0.00863. The number of hydrogen-bond acceptors (Lipinski definition) is 8. The number of nitrogens with zero attached hydrogens (tertiary/aromatic N) is 4. The van der Waals surface area contributed by atoms with Crippen LogP contribution in [0, 0.1) is 12.3 Å². The van der Waals surface area contributed by atoms with Crippen LogP contribution in [-0.2, 0) is 4.74 Å². The molecule has 3 N–H and O–H groups in total. The van der Waals surface area contributed by atoms with Crippen molar-refractivity contribution in [2.75, 3.05) is 31.7 Å². The molecule has 6 rings (SSSR count). The third kappa shape index (κ3) is 5.43. The molecule has 202 valence electrons. The van der Waals surface area contributed by atoms with Gasteiger partial charge in [0.05, 0.1) is 19.0 Å². The largest absolute Gasteiger partial charge is 0.437 e. The number of rotatable bonds is 9. The average Bonchev–Trinajstić information content (AvgIpc) is 3.67. The molecule has 0 bridgehead atoms. The molecular weight excluding hydrogens is 496 g/mol. The third-order valence-corrected chi connectivity index (χ3v) is 7.53. The van der Waals surface area contributed by atoms with Crippen LogP contribution in [0.15, 0.2) is 55.0 Å². The molecule has 4 heterocycles. The predicted molar refractivity (Wildman–Crippen MR) is 146 cm³/mol. The number of aliphatic hydroxyl groups excluding tert-OH is 1. The molecule has 10 heteroatoms. The average molecular weight is 529 g/mol. The number of aliphatic hydroxyl groups is 1. The summed E-state index contributed by atoms with van der Waals surface area (Å²) >= 11 is 0. The quantitative estimate of drug-likeness (QED) is 0.298. The molecule has 1 aliphatic carbocycles. The highest BCUT2D eigenvalue weighted by atomic mass is 16.5.